The highest BCUT2D eigenvalue weighted by molar-refractivity contribution is 5.79. The molecule has 1 heterocycles. The van der Waals surface area contributed by atoms with E-state index in [0.29, 0.717) is 12.1 Å². The van der Waals surface area contributed by atoms with E-state index in [1.807, 2.05) is 0 Å². The van der Waals surface area contributed by atoms with Crippen molar-refractivity contribution in [2.24, 2.45) is 10.4 Å². The van der Waals surface area contributed by atoms with E-state index < -0.39 is 0 Å². The molecule has 5 heteroatoms. The summed E-state index contributed by atoms with van der Waals surface area (Å²) in [6.45, 7) is 15.2. The second-order valence-corrected chi connectivity index (χ2v) is 7.69. The summed E-state index contributed by atoms with van der Waals surface area (Å²) in [7, 11) is 0. The van der Waals surface area contributed by atoms with Crippen molar-refractivity contribution in [3.05, 3.63) is 0 Å². The van der Waals surface area contributed by atoms with Gasteiger partial charge in [-0.25, -0.2) is 0 Å². The lowest BCUT2D eigenvalue weighted by Crippen LogP contribution is -2.50. The van der Waals surface area contributed by atoms with Crippen LogP contribution in [0.15, 0.2) is 4.99 Å². The standard InChI is InChI=1S/C20H42N4O/c1-6-20(7-2,12-14-25)16-23-19(21-8-3)22-15-18(5)24-13-10-9-11-17(24)4/h17-18,25H,6-16H2,1-5H3,(H2,21,22,23). The van der Waals surface area contributed by atoms with Gasteiger partial charge in [-0.05, 0) is 64.8 Å². The van der Waals surface area contributed by atoms with Crippen LogP contribution >= 0.6 is 0 Å². The number of nitrogens with one attached hydrogen (secondary N) is 2. The molecule has 0 bridgehead atoms. The van der Waals surface area contributed by atoms with Crippen LogP contribution in [0.2, 0.25) is 0 Å². The third-order valence-electron chi connectivity index (χ3n) is 6.04. The fraction of sp³-hybridized carbons (Fsp3) is 0.950. The Bertz CT molecular complexity index is 382. The zero-order valence-electron chi connectivity index (χ0n) is 17.3. The van der Waals surface area contributed by atoms with E-state index in [1.165, 1.54) is 25.8 Å². The number of guanidine groups is 1. The predicted octanol–water partition coefficient (Wildman–Crippen LogP) is 2.99. The summed E-state index contributed by atoms with van der Waals surface area (Å²) in [5.74, 6) is 0.906. The number of likely N-dealkylation sites (tertiary alicyclic amines) is 1. The van der Waals surface area contributed by atoms with Gasteiger partial charge < -0.3 is 15.7 Å². The highest BCUT2D eigenvalue weighted by atomic mass is 16.3. The molecule has 1 saturated heterocycles. The van der Waals surface area contributed by atoms with Crippen molar-refractivity contribution in [3.8, 4) is 0 Å². The number of rotatable bonds is 10. The molecule has 25 heavy (non-hydrogen) atoms. The molecule has 0 radical (unpaired) electrons. The molecule has 0 aliphatic carbocycles. The monoisotopic (exact) mass is 354 g/mol. The SMILES string of the molecule is CCNC(=NCC(CC)(CC)CCO)NCC(C)N1CCCCC1C. The molecule has 0 aromatic heterocycles. The molecule has 1 rings (SSSR count). The Morgan fingerprint density at radius 3 is 2.52 bits per heavy atom. The largest absolute Gasteiger partial charge is 0.396 e. The van der Waals surface area contributed by atoms with Crippen molar-refractivity contribution in [1.82, 2.24) is 15.5 Å². The first-order valence-corrected chi connectivity index (χ1v) is 10.4. The van der Waals surface area contributed by atoms with Gasteiger partial charge in [0, 0.05) is 38.3 Å². The van der Waals surface area contributed by atoms with Crippen LogP contribution in [0.3, 0.4) is 0 Å². The molecule has 1 fully saturated rings. The number of nitrogens with zero attached hydrogens (tertiary/aromatic N) is 2. The lowest BCUT2D eigenvalue weighted by atomic mass is 9.79. The number of aliphatic hydroxyl groups is 1. The predicted molar refractivity (Wildman–Crippen MR) is 108 cm³/mol. The maximum absolute atomic E-state index is 9.39. The van der Waals surface area contributed by atoms with Crippen LogP contribution in [-0.4, -0.2) is 60.8 Å². The molecule has 1 aliphatic heterocycles. The summed E-state index contributed by atoms with van der Waals surface area (Å²) in [4.78, 5) is 7.47. The third-order valence-corrected chi connectivity index (χ3v) is 6.04. The Morgan fingerprint density at radius 1 is 1.24 bits per heavy atom. The summed E-state index contributed by atoms with van der Waals surface area (Å²) in [6.07, 6.45) is 6.92. The molecular formula is C20H42N4O. The quantitative estimate of drug-likeness (QED) is 0.417. The maximum Gasteiger partial charge on any atom is 0.191 e. The zero-order chi connectivity index (χ0) is 18.7. The lowest BCUT2D eigenvalue weighted by Gasteiger charge is -2.38. The maximum atomic E-state index is 9.39. The van der Waals surface area contributed by atoms with Crippen LogP contribution in [0.4, 0.5) is 0 Å². The van der Waals surface area contributed by atoms with Gasteiger partial charge in [0.25, 0.3) is 0 Å². The van der Waals surface area contributed by atoms with Gasteiger partial charge >= 0.3 is 0 Å². The Morgan fingerprint density at radius 2 is 1.96 bits per heavy atom. The van der Waals surface area contributed by atoms with Crippen molar-refractivity contribution in [2.75, 3.05) is 32.8 Å². The van der Waals surface area contributed by atoms with E-state index in [1.54, 1.807) is 0 Å². The molecule has 5 nitrogen and oxygen atoms in total. The fourth-order valence-electron chi connectivity index (χ4n) is 3.87. The van der Waals surface area contributed by atoms with Crippen LogP contribution in [0, 0.1) is 5.41 Å². The van der Waals surface area contributed by atoms with Crippen LogP contribution in [0.5, 0.6) is 0 Å². The van der Waals surface area contributed by atoms with Crippen LogP contribution < -0.4 is 10.6 Å². The topological polar surface area (TPSA) is 59.9 Å². The fourth-order valence-corrected chi connectivity index (χ4v) is 3.87. The third kappa shape index (κ3) is 7.14. The second kappa shape index (κ2) is 11.7. The number of hydrogen-bond acceptors (Lipinski definition) is 3. The lowest BCUT2D eigenvalue weighted by molar-refractivity contribution is 0.115. The Labute approximate surface area is 155 Å². The molecule has 0 aromatic rings. The van der Waals surface area contributed by atoms with Gasteiger partial charge in [-0.3, -0.25) is 9.89 Å². The summed E-state index contributed by atoms with van der Waals surface area (Å²) in [5, 5.41) is 16.3. The molecule has 148 valence electrons. The van der Waals surface area contributed by atoms with E-state index in [9.17, 15) is 5.11 Å². The average Bonchev–Trinajstić information content (AvgIpc) is 2.63. The molecule has 0 spiro atoms. The number of hydrogen-bond donors (Lipinski definition) is 3. The van der Waals surface area contributed by atoms with E-state index in [2.05, 4.69) is 50.2 Å². The molecule has 0 amide bonds. The zero-order valence-corrected chi connectivity index (χ0v) is 17.3. The summed E-state index contributed by atoms with van der Waals surface area (Å²) in [5.41, 5.74) is 0.115. The molecule has 1 aliphatic rings. The van der Waals surface area contributed by atoms with Gasteiger partial charge in [-0.2, -0.15) is 0 Å². The van der Waals surface area contributed by atoms with Gasteiger partial charge in [0.2, 0.25) is 0 Å². The first kappa shape index (κ1) is 22.2. The molecule has 0 saturated carbocycles. The van der Waals surface area contributed by atoms with Crippen LogP contribution in [-0.2, 0) is 0 Å². The average molecular weight is 355 g/mol. The minimum absolute atomic E-state index is 0.115. The Balaban J connectivity index is 2.62. The van der Waals surface area contributed by atoms with Gasteiger partial charge in [0.15, 0.2) is 5.96 Å². The van der Waals surface area contributed by atoms with Crippen molar-refractivity contribution in [2.45, 2.75) is 85.2 Å². The summed E-state index contributed by atoms with van der Waals surface area (Å²) in [6, 6.07) is 1.20. The highest BCUT2D eigenvalue weighted by Crippen LogP contribution is 2.30. The first-order valence-electron chi connectivity index (χ1n) is 10.4. The van der Waals surface area contributed by atoms with Crippen molar-refractivity contribution < 1.29 is 5.11 Å². The molecule has 2 atom stereocenters. The van der Waals surface area contributed by atoms with Gasteiger partial charge in [0.1, 0.15) is 0 Å². The Kier molecular flexibility index (Phi) is 10.4. The van der Waals surface area contributed by atoms with E-state index in [0.717, 1.165) is 44.9 Å². The summed E-state index contributed by atoms with van der Waals surface area (Å²) >= 11 is 0. The van der Waals surface area contributed by atoms with Crippen molar-refractivity contribution in [1.29, 1.82) is 0 Å². The van der Waals surface area contributed by atoms with E-state index >= 15 is 0 Å². The smallest absolute Gasteiger partial charge is 0.191 e. The number of aliphatic hydroxyl groups excluding tert-OH is 1. The molecule has 0 aromatic carbocycles. The molecular weight excluding hydrogens is 312 g/mol. The van der Waals surface area contributed by atoms with Crippen molar-refractivity contribution >= 4 is 5.96 Å². The minimum atomic E-state index is 0.115. The minimum Gasteiger partial charge on any atom is -0.396 e. The van der Waals surface area contributed by atoms with E-state index in [4.69, 9.17) is 4.99 Å². The Hall–Kier alpha value is -0.810. The second-order valence-electron chi connectivity index (χ2n) is 7.69. The van der Waals surface area contributed by atoms with Gasteiger partial charge in [-0.15, -0.1) is 0 Å². The normalized spacial score (nSPS) is 21.2. The molecule has 3 N–H and O–H groups in total. The molecule has 2 unspecified atom stereocenters. The summed E-state index contributed by atoms with van der Waals surface area (Å²) < 4.78 is 0. The number of aliphatic imine (C=N–C) groups is 1. The highest BCUT2D eigenvalue weighted by Gasteiger charge is 2.26. The van der Waals surface area contributed by atoms with E-state index in [-0.39, 0.29) is 12.0 Å². The van der Waals surface area contributed by atoms with Crippen LogP contribution in [0.1, 0.15) is 73.1 Å². The van der Waals surface area contributed by atoms with Crippen molar-refractivity contribution in [3.63, 3.8) is 0 Å². The number of piperidine rings is 1. The van der Waals surface area contributed by atoms with Crippen LogP contribution in [0.25, 0.3) is 0 Å². The van der Waals surface area contributed by atoms with Gasteiger partial charge in [0.05, 0.1) is 0 Å². The first-order chi connectivity index (χ1) is 12.0. The van der Waals surface area contributed by atoms with Gasteiger partial charge in [-0.1, -0.05) is 20.3 Å².